The molecule has 0 aliphatic carbocycles. The first kappa shape index (κ1) is 15.9. The molecule has 0 atom stereocenters. The number of Topliss-reactive ketones (excluding diaryl/α,β-unsaturated/α-hetero) is 1. The fourth-order valence-electron chi connectivity index (χ4n) is 5.07. The molecular weight excluding hydrogens is 331 g/mol. The standard InChI is InChI=1S/C18H22Cl2N2O/c1-3-17-8-21-10-18(4-2,16(17)23)11-22(9-17)15(21)13-6-5-12(19)7-14(13)20/h5-7,15H,3-4,8-11H2,1-2H3. The van der Waals surface area contributed by atoms with E-state index in [1.54, 1.807) is 0 Å². The highest BCUT2D eigenvalue weighted by atomic mass is 35.5. The summed E-state index contributed by atoms with van der Waals surface area (Å²) in [6.45, 7) is 7.71. The highest BCUT2D eigenvalue weighted by Gasteiger charge is 2.64. The lowest BCUT2D eigenvalue weighted by molar-refractivity contribution is -0.204. The summed E-state index contributed by atoms with van der Waals surface area (Å²) in [5.74, 6) is 0.503. The molecule has 124 valence electrons. The Kier molecular flexibility index (Phi) is 3.59. The van der Waals surface area contributed by atoms with Crippen LogP contribution in [0.2, 0.25) is 10.0 Å². The van der Waals surface area contributed by atoms with E-state index in [1.165, 1.54) is 0 Å². The van der Waals surface area contributed by atoms with Crippen LogP contribution < -0.4 is 0 Å². The van der Waals surface area contributed by atoms with Gasteiger partial charge in [-0.1, -0.05) is 43.1 Å². The van der Waals surface area contributed by atoms with Crippen molar-refractivity contribution < 1.29 is 4.79 Å². The Labute approximate surface area is 147 Å². The normalized spacial score (nSPS) is 41.6. The van der Waals surface area contributed by atoms with E-state index in [4.69, 9.17) is 23.2 Å². The molecule has 4 aliphatic heterocycles. The van der Waals surface area contributed by atoms with Gasteiger partial charge in [-0.25, -0.2) is 0 Å². The molecule has 0 radical (unpaired) electrons. The average Bonchev–Trinajstić information content (AvgIpc) is 2.52. The number of nitrogens with zero attached hydrogens (tertiary/aromatic N) is 2. The monoisotopic (exact) mass is 352 g/mol. The number of hydrogen-bond acceptors (Lipinski definition) is 3. The number of piperidine rings is 2. The van der Waals surface area contributed by atoms with Crippen LogP contribution in [-0.4, -0.2) is 41.8 Å². The first-order valence-corrected chi connectivity index (χ1v) is 9.18. The Hall–Kier alpha value is -0.610. The van der Waals surface area contributed by atoms with Crippen LogP contribution in [0, 0.1) is 10.8 Å². The molecule has 4 saturated heterocycles. The van der Waals surface area contributed by atoms with Gasteiger partial charge >= 0.3 is 0 Å². The predicted molar refractivity (Wildman–Crippen MR) is 92.8 cm³/mol. The van der Waals surface area contributed by atoms with Gasteiger partial charge in [0.15, 0.2) is 0 Å². The lowest BCUT2D eigenvalue weighted by atomic mass is 9.58. The van der Waals surface area contributed by atoms with Crippen molar-refractivity contribution in [2.24, 2.45) is 10.8 Å². The summed E-state index contributed by atoms with van der Waals surface area (Å²) in [4.78, 5) is 18.1. The largest absolute Gasteiger partial charge is 0.298 e. The molecule has 5 rings (SSSR count). The second kappa shape index (κ2) is 5.19. The van der Waals surface area contributed by atoms with E-state index in [9.17, 15) is 4.79 Å². The Bertz CT molecular complexity index is 633. The van der Waals surface area contributed by atoms with Gasteiger partial charge in [-0.05, 0) is 25.0 Å². The number of carbonyl (C=O) groups is 1. The van der Waals surface area contributed by atoms with Crippen molar-refractivity contribution in [1.82, 2.24) is 9.80 Å². The molecule has 0 unspecified atom stereocenters. The number of ketones is 1. The van der Waals surface area contributed by atoms with Crippen molar-refractivity contribution >= 4 is 29.0 Å². The van der Waals surface area contributed by atoms with Crippen LogP contribution in [0.5, 0.6) is 0 Å². The summed E-state index contributed by atoms with van der Waals surface area (Å²) < 4.78 is 0. The smallest absolute Gasteiger partial charge is 0.150 e. The molecule has 23 heavy (non-hydrogen) atoms. The van der Waals surface area contributed by atoms with Gasteiger partial charge in [0.25, 0.3) is 0 Å². The van der Waals surface area contributed by atoms with Crippen LogP contribution in [0.15, 0.2) is 18.2 Å². The number of benzene rings is 1. The lowest BCUT2D eigenvalue weighted by Gasteiger charge is -2.66. The van der Waals surface area contributed by atoms with E-state index in [1.807, 2.05) is 18.2 Å². The molecule has 0 N–H and O–H groups in total. The number of hydrogen-bond donors (Lipinski definition) is 0. The van der Waals surface area contributed by atoms with Crippen molar-refractivity contribution in [3.05, 3.63) is 33.8 Å². The molecule has 4 bridgehead atoms. The van der Waals surface area contributed by atoms with Gasteiger partial charge in [0.05, 0.1) is 17.0 Å². The highest BCUT2D eigenvalue weighted by Crippen LogP contribution is 2.55. The summed E-state index contributed by atoms with van der Waals surface area (Å²) >= 11 is 12.5. The average molecular weight is 353 g/mol. The van der Waals surface area contributed by atoms with Crippen LogP contribution in [0.3, 0.4) is 0 Å². The van der Waals surface area contributed by atoms with Gasteiger partial charge < -0.3 is 0 Å². The minimum Gasteiger partial charge on any atom is -0.298 e. The van der Waals surface area contributed by atoms with E-state index in [0.29, 0.717) is 10.8 Å². The first-order valence-electron chi connectivity index (χ1n) is 8.43. The second-order valence-electron chi connectivity index (χ2n) is 7.45. The molecular formula is C18H22Cl2N2O. The van der Waals surface area contributed by atoms with Gasteiger partial charge in [0, 0.05) is 41.8 Å². The van der Waals surface area contributed by atoms with Gasteiger partial charge in [-0.2, -0.15) is 0 Å². The van der Waals surface area contributed by atoms with Crippen LogP contribution in [0.1, 0.15) is 38.4 Å². The highest BCUT2D eigenvalue weighted by molar-refractivity contribution is 6.35. The third-order valence-corrected chi connectivity index (χ3v) is 6.83. The zero-order valence-corrected chi connectivity index (χ0v) is 15.1. The lowest BCUT2D eigenvalue weighted by Crippen LogP contribution is -2.76. The van der Waals surface area contributed by atoms with E-state index in [0.717, 1.165) is 49.6 Å². The minimum absolute atomic E-state index is 0.173. The summed E-state index contributed by atoms with van der Waals surface area (Å²) in [6, 6.07) is 5.77. The molecule has 1 aromatic carbocycles. The number of halogens is 2. The fourth-order valence-corrected chi connectivity index (χ4v) is 5.57. The van der Waals surface area contributed by atoms with Crippen molar-refractivity contribution in [3.8, 4) is 0 Å². The zero-order valence-electron chi connectivity index (χ0n) is 13.6. The molecule has 5 heteroatoms. The van der Waals surface area contributed by atoms with Gasteiger partial charge in [-0.3, -0.25) is 14.6 Å². The SMILES string of the molecule is CCC12CN3CC(CC)(CN(C1)C3c1ccc(Cl)cc1Cl)C2=O. The van der Waals surface area contributed by atoms with Crippen LogP contribution in [0.4, 0.5) is 0 Å². The molecule has 4 fully saturated rings. The van der Waals surface area contributed by atoms with Crippen molar-refractivity contribution in [3.63, 3.8) is 0 Å². The topological polar surface area (TPSA) is 23.6 Å². The summed E-state index contributed by atoms with van der Waals surface area (Å²) in [5, 5.41) is 1.38. The molecule has 1 aromatic rings. The zero-order chi connectivity index (χ0) is 16.4. The third-order valence-electron chi connectivity index (χ3n) is 6.27. The van der Waals surface area contributed by atoms with E-state index in [2.05, 4.69) is 23.6 Å². The molecule has 4 aliphatic rings. The molecule has 0 spiro atoms. The van der Waals surface area contributed by atoms with Crippen LogP contribution in [-0.2, 0) is 4.79 Å². The summed E-state index contributed by atoms with van der Waals surface area (Å²) in [7, 11) is 0. The molecule has 4 heterocycles. The van der Waals surface area contributed by atoms with E-state index in [-0.39, 0.29) is 17.0 Å². The third kappa shape index (κ3) is 2.07. The molecule has 0 amide bonds. The summed E-state index contributed by atoms with van der Waals surface area (Å²) in [6.07, 6.45) is 2.01. The Morgan fingerprint density at radius 1 is 1.04 bits per heavy atom. The van der Waals surface area contributed by atoms with Gasteiger partial charge in [0.2, 0.25) is 0 Å². The van der Waals surface area contributed by atoms with E-state index < -0.39 is 0 Å². The maximum atomic E-state index is 13.1. The summed E-state index contributed by atoms with van der Waals surface area (Å²) in [5.41, 5.74) is 0.726. The van der Waals surface area contributed by atoms with Crippen molar-refractivity contribution in [1.29, 1.82) is 0 Å². The Balaban J connectivity index is 1.77. The maximum absolute atomic E-state index is 13.1. The quantitative estimate of drug-likeness (QED) is 0.821. The van der Waals surface area contributed by atoms with Crippen molar-refractivity contribution in [2.45, 2.75) is 32.9 Å². The molecule has 0 saturated carbocycles. The predicted octanol–water partition coefficient (Wildman–Crippen LogP) is 4.00. The Morgan fingerprint density at radius 3 is 2.00 bits per heavy atom. The first-order chi connectivity index (χ1) is 10.9. The van der Waals surface area contributed by atoms with Crippen LogP contribution in [0.25, 0.3) is 0 Å². The molecule has 0 aromatic heterocycles. The maximum Gasteiger partial charge on any atom is 0.150 e. The van der Waals surface area contributed by atoms with Crippen molar-refractivity contribution in [2.75, 3.05) is 26.2 Å². The fraction of sp³-hybridized carbons (Fsp3) is 0.611. The second-order valence-corrected chi connectivity index (χ2v) is 8.29. The number of carbonyl (C=O) groups excluding carboxylic acids is 1. The van der Waals surface area contributed by atoms with Gasteiger partial charge in [0.1, 0.15) is 5.78 Å². The Morgan fingerprint density at radius 2 is 1.57 bits per heavy atom. The van der Waals surface area contributed by atoms with Gasteiger partial charge in [-0.15, -0.1) is 0 Å². The minimum atomic E-state index is -0.193. The van der Waals surface area contributed by atoms with Crippen LogP contribution >= 0.6 is 23.2 Å². The number of rotatable bonds is 3. The van der Waals surface area contributed by atoms with E-state index >= 15 is 0 Å². The molecule has 3 nitrogen and oxygen atoms in total.